The summed E-state index contributed by atoms with van der Waals surface area (Å²) in [6.07, 6.45) is 1.71. The van der Waals surface area contributed by atoms with Crippen molar-refractivity contribution in [3.63, 3.8) is 0 Å². The van der Waals surface area contributed by atoms with Crippen LogP contribution in [0.2, 0.25) is 5.02 Å². The first-order valence-electron chi connectivity index (χ1n) is 12.0. The third-order valence-corrected chi connectivity index (χ3v) is 7.36. The van der Waals surface area contributed by atoms with E-state index in [0.29, 0.717) is 49.6 Å². The predicted molar refractivity (Wildman–Crippen MR) is 148 cm³/mol. The van der Waals surface area contributed by atoms with Gasteiger partial charge in [-0.15, -0.1) is 11.3 Å². The number of hydrogen-bond acceptors (Lipinski definition) is 11. The Morgan fingerprint density at radius 1 is 1.23 bits per heavy atom. The van der Waals surface area contributed by atoms with Gasteiger partial charge in [-0.3, -0.25) is 5.32 Å². The first kappa shape index (κ1) is 25.5. The highest BCUT2D eigenvalue weighted by Crippen LogP contribution is 2.47. The fraction of sp³-hybridized carbons (Fsp3) is 0.185. The van der Waals surface area contributed by atoms with E-state index in [0.717, 1.165) is 15.8 Å². The van der Waals surface area contributed by atoms with Crippen LogP contribution in [0.25, 0.3) is 31.8 Å². The number of nitrogens with zero attached hydrogens (tertiary/aromatic N) is 5. The monoisotopic (exact) mass is 574 g/mol. The number of anilines is 1. The number of nitriles is 1. The maximum Gasteiger partial charge on any atom is 0.411 e. The number of aryl methyl sites for hydroxylation is 1. The number of aromatic nitrogens is 4. The summed E-state index contributed by atoms with van der Waals surface area (Å²) in [4.78, 5) is 30.0. The zero-order chi connectivity index (χ0) is 27.8. The van der Waals surface area contributed by atoms with Gasteiger partial charge in [-0.2, -0.15) is 5.26 Å². The Bertz CT molecular complexity index is 1820. The van der Waals surface area contributed by atoms with Crippen molar-refractivity contribution in [2.45, 2.75) is 13.0 Å². The van der Waals surface area contributed by atoms with E-state index in [1.54, 1.807) is 25.4 Å². The molecule has 0 bridgehead atoms. The highest BCUT2D eigenvalue weighted by molar-refractivity contribution is 7.22. The number of thiazole rings is 1. The molecule has 0 spiro atoms. The first-order chi connectivity index (χ1) is 19.4. The van der Waals surface area contributed by atoms with Crippen molar-refractivity contribution in [2.75, 3.05) is 25.6 Å². The number of ether oxygens (including phenoxy) is 4. The van der Waals surface area contributed by atoms with Crippen LogP contribution in [-0.2, 0) is 4.74 Å². The summed E-state index contributed by atoms with van der Waals surface area (Å²) >= 11 is 8.03. The summed E-state index contributed by atoms with van der Waals surface area (Å²) in [6.45, 7) is 2.07. The molecule has 40 heavy (non-hydrogen) atoms. The van der Waals surface area contributed by atoms with Gasteiger partial charge < -0.3 is 18.9 Å². The lowest BCUT2D eigenvalue weighted by molar-refractivity contribution is 0.0384. The molecule has 0 fully saturated rings. The van der Waals surface area contributed by atoms with Crippen LogP contribution < -0.4 is 19.5 Å². The summed E-state index contributed by atoms with van der Waals surface area (Å²) in [5.41, 5.74) is 4.44. The van der Waals surface area contributed by atoms with Gasteiger partial charge in [0.2, 0.25) is 5.88 Å². The third-order valence-electron chi connectivity index (χ3n) is 5.98. The topological polar surface area (TPSA) is 141 Å². The van der Waals surface area contributed by atoms with E-state index in [-0.39, 0.29) is 18.9 Å². The van der Waals surface area contributed by atoms with Crippen molar-refractivity contribution in [2.24, 2.45) is 0 Å². The van der Waals surface area contributed by atoms with Crippen molar-refractivity contribution < 1.29 is 23.7 Å². The lowest BCUT2D eigenvalue weighted by atomic mass is 10.1. The number of halogens is 1. The number of hydrogen-bond donors (Lipinski definition) is 1. The van der Waals surface area contributed by atoms with E-state index in [4.69, 9.17) is 40.8 Å². The van der Waals surface area contributed by atoms with Crippen molar-refractivity contribution in [1.29, 1.82) is 5.26 Å². The second kappa shape index (κ2) is 10.4. The molecule has 0 unspecified atom stereocenters. The number of benzene rings is 2. The molecule has 3 aromatic heterocycles. The molecule has 0 radical (unpaired) electrons. The van der Waals surface area contributed by atoms with Gasteiger partial charge in [-0.05, 0) is 36.8 Å². The van der Waals surface area contributed by atoms with Crippen LogP contribution in [0.15, 0.2) is 42.7 Å². The number of pyridine rings is 1. The molecule has 0 aliphatic carbocycles. The Kier molecular flexibility index (Phi) is 6.67. The molecule has 13 heteroatoms. The maximum atomic E-state index is 12.2. The molecule has 1 amide bonds. The number of rotatable bonds is 5. The normalized spacial score (nSPS) is 14.1. The Labute approximate surface area is 236 Å². The lowest BCUT2D eigenvalue weighted by Gasteiger charge is -2.26. The zero-order valence-corrected chi connectivity index (χ0v) is 22.7. The Balaban J connectivity index is 1.22. The second-order valence-corrected chi connectivity index (χ2v) is 10.2. The molecule has 11 nitrogen and oxygen atoms in total. The van der Waals surface area contributed by atoms with Crippen molar-refractivity contribution in [1.82, 2.24) is 19.9 Å². The molecule has 1 aliphatic heterocycles. The van der Waals surface area contributed by atoms with Crippen molar-refractivity contribution in [3.8, 4) is 34.0 Å². The van der Waals surface area contributed by atoms with Crippen LogP contribution in [0.3, 0.4) is 0 Å². The highest BCUT2D eigenvalue weighted by Gasteiger charge is 2.28. The minimum absolute atomic E-state index is 0.0595. The molecule has 5 aromatic rings. The largest absolute Gasteiger partial charge is 0.484 e. The fourth-order valence-corrected chi connectivity index (χ4v) is 5.57. The number of amides is 1. The summed E-state index contributed by atoms with van der Waals surface area (Å²) in [7, 11) is 1.55. The summed E-state index contributed by atoms with van der Waals surface area (Å²) in [5.74, 6) is 1.39. The molecular weight excluding hydrogens is 556 g/mol. The smallest absolute Gasteiger partial charge is 0.411 e. The van der Waals surface area contributed by atoms with Crippen LogP contribution >= 0.6 is 22.9 Å². The molecule has 200 valence electrons. The molecule has 4 heterocycles. The SMILES string of the molecule is COc1cnc2c(-c3nc4c(Cl)cc5c(c4s3)OC[C@H](COC(=O)Nc3ccc(C#N)nc3)O5)cc(C)cc2n1. The van der Waals surface area contributed by atoms with E-state index in [1.807, 2.05) is 25.1 Å². The average molecular weight is 575 g/mol. The summed E-state index contributed by atoms with van der Waals surface area (Å²) in [5, 5.41) is 12.5. The van der Waals surface area contributed by atoms with E-state index in [9.17, 15) is 4.79 Å². The number of methoxy groups -OCH3 is 1. The number of carbonyl (C=O) groups excluding carboxylic acids is 1. The van der Waals surface area contributed by atoms with E-state index >= 15 is 0 Å². The Morgan fingerprint density at radius 2 is 2.10 bits per heavy atom. The molecule has 0 saturated heterocycles. The average Bonchev–Trinajstić information content (AvgIpc) is 3.42. The molecule has 1 N–H and O–H groups in total. The van der Waals surface area contributed by atoms with Gasteiger partial charge in [0.1, 0.15) is 40.2 Å². The lowest BCUT2D eigenvalue weighted by Crippen LogP contribution is -2.35. The summed E-state index contributed by atoms with van der Waals surface area (Å²) in [6, 6.07) is 10.6. The minimum atomic E-state index is -0.687. The van der Waals surface area contributed by atoms with Gasteiger partial charge in [0.25, 0.3) is 0 Å². The number of nitrogens with one attached hydrogen (secondary N) is 1. The molecule has 2 aromatic carbocycles. The van der Waals surface area contributed by atoms with Crippen LogP contribution in [0.1, 0.15) is 11.3 Å². The van der Waals surface area contributed by atoms with Crippen LogP contribution in [-0.4, -0.2) is 52.5 Å². The van der Waals surface area contributed by atoms with Gasteiger partial charge in [0.05, 0.1) is 41.2 Å². The van der Waals surface area contributed by atoms with Crippen LogP contribution in [0, 0.1) is 18.3 Å². The predicted octanol–water partition coefficient (Wildman–Crippen LogP) is 5.53. The zero-order valence-electron chi connectivity index (χ0n) is 21.1. The van der Waals surface area contributed by atoms with Gasteiger partial charge in [-0.25, -0.2) is 24.7 Å². The number of carbonyl (C=O) groups is 1. The fourth-order valence-electron chi connectivity index (χ4n) is 4.17. The minimum Gasteiger partial charge on any atom is -0.484 e. The highest BCUT2D eigenvalue weighted by atomic mass is 35.5. The number of fused-ring (bicyclic) bond motifs is 4. The molecule has 6 rings (SSSR count). The third kappa shape index (κ3) is 4.88. The van der Waals surface area contributed by atoms with Crippen molar-refractivity contribution >= 4 is 56.0 Å². The van der Waals surface area contributed by atoms with Crippen LogP contribution in [0.5, 0.6) is 17.4 Å². The summed E-state index contributed by atoms with van der Waals surface area (Å²) < 4.78 is 23.4. The molecular formula is C27H19ClN6O5S. The molecule has 1 aliphatic rings. The van der Waals surface area contributed by atoms with Gasteiger partial charge in [0.15, 0.2) is 17.6 Å². The molecule has 0 saturated carbocycles. The first-order valence-corrected chi connectivity index (χ1v) is 13.2. The van der Waals surface area contributed by atoms with Gasteiger partial charge >= 0.3 is 6.09 Å². The standard InChI is InChI=1S/C27H19ClN6O5S/c1-13-5-17(22-19(6-13)33-21(36-2)10-31-22)26-34-23-18(28)7-20-24(25(23)40-26)37-11-16(39-20)12-38-27(35)32-15-4-3-14(8-29)30-9-15/h3-7,9-10,16H,11-12H2,1-2H3,(H,32,35)/t16-/m1/s1. The van der Waals surface area contributed by atoms with Crippen LogP contribution in [0.4, 0.5) is 10.5 Å². The van der Waals surface area contributed by atoms with E-state index in [2.05, 4.69) is 20.3 Å². The van der Waals surface area contributed by atoms with Gasteiger partial charge in [-0.1, -0.05) is 11.6 Å². The Hall–Kier alpha value is -4.73. The molecule has 1 atom stereocenters. The van der Waals surface area contributed by atoms with E-state index in [1.165, 1.54) is 23.6 Å². The van der Waals surface area contributed by atoms with E-state index < -0.39 is 12.2 Å². The van der Waals surface area contributed by atoms with Gasteiger partial charge in [0, 0.05) is 11.6 Å². The maximum absolute atomic E-state index is 12.2. The van der Waals surface area contributed by atoms with Crippen molar-refractivity contribution in [3.05, 3.63) is 59.0 Å². The second-order valence-electron chi connectivity index (χ2n) is 8.79. The Morgan fingerprint density at radius 3 is 2.88 bits per heavy atom. The quantitative estimate of drug-likeness (QED) is 0.284.